The molecule has 1 aromatic carbocycles. The molecule has 1 N–H and O–H groups in total. The fourth-order valence-electron chi connectivity index (χ4n) is 2.73. The molecular formula is C14H22ClN3O2. The van der Waals surface area contributed by atoms with E-state index in [1.165, 1.54) is 12.8 Å². The van der Waals surface area contributed by atoms with Crippen LogP contribution in [0.4, 0.5) is 5.69 Å². The molecule has 1 aliphatic heterocycles. The topological polar surface area (TPSA) is 58.4 Å². The quantitative estimate of drug-likeness (QED) is 0.670. The maximum Gasteiger partial charge on any atom is 0.269 e. The van der Waals surface area contributed by atoms with Crippen molar-refractivity contribution in [2.45, 2.75) is 19.4 Å². The number of nitro groups is 1. The molecule has 0 saturated carbocycles. The summed E-state index contributed by atoms with van der Waals surface area (Å²) in [6.45, 7) is 4.18. The van der Waals surface area contributed by atoms with E-state index in [2.05, 4.69) is 10.2 Å². The minimum absolute atomic E-state index is 0. The molecule has 0 bridgehead atoms. The van der Waals surface area contributed by atoms with E-state index < -0.39 is 0 Å². The summed E-state index contributed by atoms with van der Waals surface area (Å²) in [4.78, 5) is 12.7. The largest absolute Gasteiger partial charge is 0.319 e. The molecule has 1 unspecified atom stereocenters. The number of halogens is 1. The minimum atomic E-state index is -0.354. The van der Waals surface area contributed by atoms with Crippen LogP contribution in [0.5, 0.6) is 0 Å². The summed E-state index contributed by atoms with van der Waals surface area (Å²) >= 11 is 0. The number of nitrogens with zero attached hydrogens (tertiary/aromatic N) is 2. The predicted octanol–water partition coefficient (Wildman–Crippen LogP) is 2.45. The van der Waals surface area contributed by atoms with Gasteiger partial charge in [-0.3, -0.25) is 15.0 Å². The van der Waals surface area contributed by atoms with Crippen molar-refractivity contribution in [3.8, 4) is 0 Å². The highest BCUT2D eigenvalue weighted by Gasteiger charge is 2.19. The van der Waals surface area contributed by atoms with Gasteiger partial charge < -0.3 is 5.32 Å². The van der Waals surface area contributed by atoms with Gasteiger partial charge >= 0.3 is 0 Å². The first kappa shape index (κ1) is 16.9. The Kier molecular flexibility index (Phi) is 6.91. The SMILES string of the molecule is CNCC1CCCN(Cc2ccc([N+](=O)[O-])cc2)C1.Cl. The standard InChI is InChI=1S/C14H21N3O2.ClH/c1-15-9-13-3-2-8-16(11-13)10-12-4-6-14(7-5-12)17(18)19;/h4-7,13,15H,2-3,8-11H2,1H3;1H. The Hall–Kier alpha value is -1.17. The molecule has 1 aromatic rings. The van der Waals surface area contributed by atoms with E-state index in [-0.39, 0.29) is 23.0 Å². The number of hydrogen-bond donors (Lipinski definition) is 1. The smallest absolute Gasteiger partial charge is 0.269 e. The predicted molar refractivity (Wildman–Crippen MR) is 82.3 cm³/mol. The first-order valence-corrected chi connectivity index (χ1v) is 6.79. The summed E-state index contributed by atoms with van der Waals surface area (Å²) in [7, 11) is 2.00. The Morgan fingerprint density at radius 1 is 1.40 bits per heavy atom. The Bertz CT molecular complexity index is 423. The zero-order valence-corrected chi connectivity index (χ0v) is 12.6. The minimum Gasteiger partial charge on any atom is -0.319 e. The third-order valence-corrected chi connectivity index (χ3v) is 3.65. The van der Waals surface area contributed by atoms with Crippen molar-refractivity contribution in [1.82, 2.24) is 10.2 Å². The molecule has 112 valence electrons. The molecule has 0 amide bonds. The highest BCUT2D eigenvalue weighted by molar-refractivity contribution is 5.85. The molecule has 1 atom stereocenters. The lowest BCUT2D eigenvalue weighted by molar-refractivity contribution is -0.384. The van der Waals surface area contributed by atoms with Crippen LogP contribution >= 0.6 is 12.4 Å². The molecule has 20 heavy (non-hydrogen) atoms. The Morgan fingerprint density at radius 3 is 2.70 bits per heavy atom. The van der Waals surface area contributed by atoms with E-state index in [1.807, 2.05) is 19.2 Å². The average Bonchev–Trinajstić information content (AvgIpc) is 2.40. The number of piperidine rings is 1. The van der Waals surface area contributed by atoms with Crippen LogP contribution < -0.4 is 5.32 Å². The molecular weight excluding hydrogens is 278 g/mol. The molecule has 1 heterocycles. The van der Waals surface area contributed by atoms with Crippen LogP contribution in [0.25, 0.3) is 0 Å². The summed E-state index contributed by atoms with van der Waals surface area (Å²) in [5.41, 5.74) is 1.31. The average molecular weight is 300 g/mol. The molecule has 2 rings (SSSR count). The lowest BCUT2D eigenvalue weighted by atomic mass is 9.97. The van der Waals surface area contributed by atoms with Crippen LogP contribution in [0.2, 0.25) is 0 Å². The Morgan fingerprint density at radius 2 is 2.10 bits per heavy atom. The number of hydrogen-bond acceptors (Lipinski definition) is 4. The zero-order chi connectivity index (χ0) is 13.7. The van der Waals surface area contributed by atoms with Crippen molar-refractivity contribution >= 4 is 18.1 Å². The van der Waals surface area contributed by atoms with Crippen LogP contribution in [-0.4, -0.2) is 36.5 Å². The maximum atomic E-state index is 10.6. The fourth-order valence-corrected chi connectivity index (χ4v) is 2.73. The van der Waals surface area contributed by atoms with Crippen LogP contribution in [0, 0.1) is 16.0 Å². The van der Waals surface area contributed by atoms with Crippen molar-refractivity contribution in [2.75, 3.05) is 26.7 Å². The number of likely N-dealkylation sites (tertiary alicyclic amines) is 1. The van der Waals surface area contributed by atoms with Crippen LogP contribution in [0.15, 0.2) is 24.3 Å². The lowest BCUT2D eigenvalue weighted by Gasteiger charge is -2.32. The summed E-state index contributed by atoms with van der Waals surface area (Å²) in [6.07, 6.45) is 2.52. The zero-order valence-electron chi connectivity index (χ0n) is 11.7. The molecule has 1 saturated heterocycles. The maximum absolute atomic E-state index is 10.6. The van der Waals surface area contributed by atoms with E-state index in [9.17, 15) is 10.1 Å². The number of nitro benzene ring substituents is 1. The van der Waals surface area contributed by atoms with E-state index >= 15 is 0 Å². The Balaban J connectivity index is 0.00000200. The molecule has 0 aromatic heterocycles. The van der Waals surface area contributed by atoms with Gasteiger partial charge in [0, 0.05) is 25.2 Å². The van der Waals surface area contributed by atoms with Gasteiger partial charge in [0.1, 0.15) is 0 Å². The summed E-state index contributed by atoms with van der Waals surface area (Å²) < 4.78 is 0. The number of nitrogens with one attached hydrogen (secondary N) is 1. The second-order valence-electron chi connectivity index (χ2n) is 5.22. The van der Waals surface area contributed by atoms with E-state index in [0.29, 0.717) is 0 Å². The first-order chi connectivity index (χ1) is 9.19. The first-order valence-electron chi connectivity index (χ1n) is 6.79. The summed E-state index contributed by atoms with van der Waals surface area (Å²) in [5.74, 6) is 0.719. The summed E-state index contributed by atoms with van der Waals surface area (Å²) in [5, 5.41) is 13.8. The van der Waals surface area contributed by atoms with Gasteiger partial charge in [-0.25, -0.2) is 0 Å². The summed E-state index contributed by atoms with van der Waals surface area (Å²) in [6, 6.07) is 6.90. The molecule has 6 heteroatoms. The van der Waals surface area contributed by atoms with Crippen molar-refractivity contribution in [3.05, 3.63) is 39.9 Å². The van der Waals surface area contributed by atoms with Crippen molar-refractivity contribution in [3.63, 3.8) is 0 Å². The van der Waals surface area contributed by atoms with Gasteiger partial charge in [-0.2, -0.15) is 0 Å². The highest BCUT2D eigenvalue weighted by Crippen LogP contribution is 2.19. The van der Waals surface area contributed by atoms with Gasteiger partial charge in [-0.05, 0) is 44.5 Å². The van der Waals surface area contributed by atoms with E-state index in [4.69, 9.17) is 0 Å². The lowest BCUT2D eigenvalue weighted by Crippen LogP contribution is -2.38. The Labute approximate surface area is 125 Å². The van der Waals surface area contributed by atoms with Gasteiger partial charge in [0.05, 0.1) is 4.92 Å². The number of non-ortho nitro benzene ring substituents is 1. The van der Waals surface area contributed by atoms with Gasteiger partial charge in [-0.15, -0.1) is 12.4 Å². The van der Waals surface area contributed by atoms with E-state index in [1.54, 1.807) is 12.1 Å². The van der Waals surface area contributed by atoms with Crippen molar-refractivity contribution in [2.24, 2.45) is 5.92 Å². The monoisotopic (exact) mass is 299 g/mol. The van der Waals surface area contributed by atoms with Crippen molar-refractivity contribution in [1.29, 1.82) is 0 Å². The molecule has 5 nitrogen and oxygen atoms in total. The second kappa shape index (κ2) is 8.19. The van der Waals surface area contributed by atoms with Gasteiger partial charge in [-0.1, -0.05) is 12.1 Å². The normalized spacial score (nSPS) is 19.4. The van der Waals surface area contributed by atoms with Crippen LogP contribution in [-0.2, 0) is 6.54 Å². The molecule has 1 fully saturated rings. The van der Waals surface area contributed by atoms with Crippen LogP contribution in [0.1, 0.15) is 18.4 Å². The molecule has 1 aliphatic rings. The van der Waals surface area contributed by atoms with Gasteiger partial charge in [0.15, 0.2) is 0 Å². The van der Waals surface area contributed by atoms with Crippen molar-refractivity contribution < 1.29 is 4.92 Å². The highest BCUT2D eigenvalue weighted by atomic mass is 35.5. The number of benzene rings is 1. The molecule has 0 spiro atoms. The van der Waals surface area contributed by atoms with Crippen LogP contribution in [0.3, 0.4) is 0 Å². The second-order valence-corrected chi connectivity index (χ2v) is 5.22. The molecule has 0 aliphatic carbocycles. The molecule has 0 radical (unpaired) electrons. The third kappa shape index (κ3) is 4.74. The number of rotatable bonds is 5. The van der Waals surface area contributed by atoms with E-state index in [0.717, 1.165) is 37.7 Å². The third-order valence-electron chi connectivity index (χ3n) is 3.65. The van der Waals surface area contributed by atoms with Gasteiger partial charge in [0.25, 0.3) is 5.69 Å². The fraction of sp³-hybridized carbons (Fsp3) is 0.571. The van der Waals surface area contributed by atoms with Gasteiger partial charge in [0.2, 0.25) is 0 Å².